The molecule has 0 N–H and O–H groups in total. The lowest BCUT2D eigenvalue weighted by atomic mass is 10.1. The van der Waals surface area contributed by atoms with Gasteiger partial charge in [-0.3, -0.25) is 9.48 Å². The molecule has 0 saturated carbocycles. The number of rotatable bonds is 4. The predicted molar refractivity (Wildman–Crippen MR) is 78.7 cm³/mol. The first-order chi connectivity index (χ1) is 10.2. The summed E-state index contributed by atoms with van der Waals surface area (Å²) in [5.41, 5.74) is 1.13. The maximum absolute atomic E-state index is 12.4. The second-order valence-electron chi connectivity index (χ2n) is 5.68. The van der Waals surface area contributed by atoms with Crippen molar-refractivity contribution in [1.82, 2.24) is 24.2 Å². The van der Waals surface area contributed by atoms with Gasteiger partial charge in [0.05, 0.1) is 18.6 Å². The van der Waals surface area contributed by atoms with Crippen LogP contribution in [-0.4, -0.2) is 43.2 Å². The van der Waals surface area contributed by atoms with E-state index in [-0.39, 0.29) is 5.91 Å². The summed E-state index contributed by atoms with van der Waals surface area (Å²) in [6.45, 7) is 4.31. The standard InChI is InChI=1S/C15H21N5O/c1-13-9-17-20(10-13)7-4-15(21)18-6-2-3-14(11-18)19-8-5-16-12-19/h5,8-10,12,14H,2-4,6-7,11H2,1H3. The number of amides is 1. The first kappa shape index (κ1) is 13.9. The lowest BCUT2D eigenvalue weighted by molar-refractivity contribution is -0.133. The summed E-state index contributed by atoms with van der Waals surface area (Å²) in [6, 6.07) is 0.358. The molecule has 3 rings (SSSR count). The zero-order valence-electron chi connectivity index (χ0n) is 12.4. The highest BCUT2D eigenvalue weighted by molar-refractivity contribution is 5.76. The van der Waals surface area contributed by atoms with Gasteiger partial charge in [-0.2, -0.15) is 5.10 Å². The number of imidazole rings is 1. The number of likely N-dealkylation sites (tertiary alicyclic amines) is 1. The average Bonchev–Trinajstić information content (AvgIpc) is 3.16. The number of aryl methyl sites for hydroxylation is 2. The van der Waals surface area contributed by atoms with E-state index < -0.39 is 0 Å². The molecule has 1 unspecified atom stereocenters. The van der Waals surface area contributed by atoms with Crippen molar-refractivity contribution in [3.63, 3.8) is 0 Å². The molecular formula is C15H21N5O. The molecule has 1 saturated heterocycles. The van der Waals surface area contributed by atoms with Crippen LogP contribution in [0.1, 0.15) is 30.9 Å². The molecule has 3 heterocycles. The second-order valence-corrected chi connectivity index (χ2v) is 5.68. The lowest BCUT2D eigenvalue weighted by Gasteiger charge is -2.33. The fourth-order valence-corrected chi connectivity index (χ4v) is 2.87. The normalized spacial score (nSPS) is 18.9. The van der Waals surface area contributed by atoms with Gasteiger partial charge >= 0.3 is 0 Å². The van der Waals surface area contributed by atoms with Crippen LogP contribution in [0, 0.1) is 6.92 Å². The van der Waals surface area contributed by atoms with Gasteiger partial charge < -0.3 is 9.47 Å². The largest absolute Gasteiger partial charge is 0.341 e. The van der Waals surface area contributed by atoms with E-state index in [1.165, 1.54) is 0 Å². The molecule has 1 aliphatic heterocycles. The van der Waals surface area contributed by atoms with Gasteiger partial charge in [-0.25, -0.2) is 4.98 Å². The van der Waals surface area contributed by atoms with Crippen molar-refractivity contribution in [2.45, 2.75) is 38.8 Å². The van der Waals surface area contributed by atoms with Crippen molar-refractivity contribution in [3.8, 4) is 0 Å². The monoisotopic (exact) mass is 287 g/mol. The lowest BCUT2D eigenvalue weighted by Crippen LogP contribution is -2.40. The quantitative estimate of drug-likeness (QED) is 0.859. The summed E-state index contributed by atoms with van der Waals surface area (Å²) in [4.78, 5) is 18.4. The Morgan fingerprint density at radius 2 is 2.38 bits per heavy atom. The molecule has 1 fully saturated rings. The van der Waals surface area contributed by atoms with Gasteiger partial charge in [0.25, 0.3) is 0 Å². The summed E-state index contributed by atoms with van der Waals surface area (Å²) in [6.07, 6.45) is 12.1. The van der Waals surface area contributed by atoms with Gasteiger partial charge in [0, 0.05) is 44.6 Å². The van der Waals surface area contributed by atoms with Crippen LogP contribution in [0.25, 0.3) is 0 Å². The number of carbonyl (C=O) groups excluding carboxylic acids is 1. The molecule has 1 atom stereocenters. The molecule has 0 spiro atoms. The summed E-state index contributed by atoms with van der Waals surface area (Å²) < 4.78 is 3.95. The van der Waals surface area contributed by atoms with Gasteiger partial charge in [0.15, 0.2) is 0 Å². The minimum atomic E-state index is 0.216. The van der Waals surface area contributed by atoms with Crippen molar-refractivity contribution >= 4 is 5.91 Å². The van der Waals surface area contributed by atoms with Crippen molar-refractivity contribution in [3.05, 3.63) is 36.7 Å². The van der Waals surface area contributed by atoms with E-state index in [1.807, 2.05) is 41.4 Å². The molecule has 0 bridgehead atoms. The van der Waals surface area contributed by atoms with Crippen LogP contribution in [0.5, 0.6) is 0 Å². The Kier molecular flexibility index (Phi) is 4.03. The number of nitrogens with zero attached hydrogens (tertiary/aromatic N) is 5. The van der Waals surface area contributed by atoms with Crippen LogP contribution in [0.15, 0.2) is 31.1 Å². The van der Waals surface area contributed by atoms with Gasteiger partial charge in [0.2, 0.25) is 5.91 Å². The molecule has 2 aromatic heterocycles. The maximum Gasteiger partial charge on any atom is 0.224 e. The molecule has 1 aliphatic rings. The Balaban J connectivity index is 1.54. The third kappa shape index (κ3) is 3.32. The summed E-state index contributed by atoms with van der Waals surface area (Å²) in [5, 5.41) is 4.22. The number of aromatic nitrogens is 4. The van der Waals surface area contributed by atoms with E-state index in [9.17, 15) is 4.79 Å². The second kappa shape index (κ2) is 6.11. The Morgan fingerprint density at radius 3 is 3.10 bits per heavy atom. The number of hydrogen-bond donors (Lipinski definition) is 0. The third-order valence-corrected chi connectivity index (χ3v) is 4.01. The Bertz CT molecular complexity index is 589. The van der Waals surface area contributed by atoms with Crippen molar-refractivity contribution in [2.24, 2.45) is 0 Å². The molecule has 6 nitrogen and oxygen atoms in total. The van der Waals surface area contributed by atoms with Crippen molar-refractivity contribution < 1.29 is 4.79 Å². The molecule has 2 aromatic rings. The number of piperidine rings is 1. The van der Waals surface area contributed by atoms with E-state index >= 15 is 0 Å². The highest BCUT2D eigenvalue weighted by Crippen LogP contribution is 2.21. The number of carbonyl (C=O) groups is 1. The minimum Gasteiger partial charge on any atom is -0.341 e. The van der Waals surface area contributed by atoms with E-state index in [0.717, 1.165) is 31.5 Å². The van der Waals surface area contributed by atoms with E-state index in [2.05, 4.69) is 14.6 Å². The third-order valence-electron chi connectivity index (χ3n) is 4.01. The smallest absolute Gasteiger partial charge is 0.224 e. The summed E-state index contributed by atoms with van der Waals surface area (Å²) in [5.74, 6) is 0.216. The molecule has 21 heavy (non-hydrogen) atoms. The molecule has 0 radical (unpaired) electrons. The van der Waals surface area contributed by atoms with E-state index in [4.69, 9.17) is 0 Å². The zero-order valence-corrected chi connectivity index (χ0v) is 12.4. The van der Waals surface area contributed by atoms with Crippen LogP contribution in [0.3, 0.4) is 0 Å². The summed E-state index contributed by atoms with van der Waals surface area (Å²) in [7, 11) is 0. The zero-order chi connectivity index (χ0) is 14.7. The first-order valence-electron chi connectivity index (χ1n) is 7.46. The molecule has 0 aliphatic carbocycles. The van der Waals surface area contributed by atoms with Gasteiger partial charge in [0.1, 0.15) is 0 Å². The van der Waals surface area contributed by atoms with Crippen molar-refractivity contribution in [1.29, 1.82) is 0 Å². The molecule has 1 amide bonds. The van der Waals surface area contributed by atoms with Gasteiger partial charge in [-0.15, -0.1) is 0 Å². The molecule has 0 aromatic carbocycles. The highest BCUT2D eigenvalue weighted by Gasteiger charge is 2.24. The molecule has 112 valence electrons. The highest BCUT2D eigenvalue weighted by atomic mass is 16.2. The van der Waals surface area contributed by atoms with Crippen molar-refractivity contribution in [2.75, 3.05) is 13.1 Å². The maximum atomic E-state index is 12.4. The SMILES string of the molecule is Cc1cnn(CCC(=O)N2CCCC(n3ccnc3)C2)c1. The fraction of sp³-hybridized carbons (Fsp3) is 0.533. The van der Waals surface area contributed by atoms with Gasteiger partial charge in [-0.05, 0) is 25.3 Å². The van der Waals surface area contributed by atoms with Crippen LogP contribution in [-0.2, 0) is 11.3 Å². The fourth-order valence-electron chi connectivity index (χ4n) is 2.87. The number of hydrogen-bond acceptors (Lipinski definition) is 3. The Hall–Kier alpha value is -2.11. The first-order valence-corrected chi connectivity index (χ1v) is 7.46. The Morgan fingerprint density at radius 1 is 1.48 bits per heavy atom. The van der Waals surface area contributed by atoms with E-state index in [0.29, 0.717) is 19.0 Å². The topological polar surface area (TPSA) is 56.0 Å². The molecule has 6 heteroatoms. The van der Waals surface area contributed by atoms with Crippen LogP contribution < -0.4 is 0 Å². The Labute approximate surface area is 124 Å². The van der Waals surface area contributed by atoms with Crippen LogP contribution in [0.2, 0.25) is 0 Å². The summed E-state index contributed by atoms with van der Waals surface area (Å²) >= 11 is 0. The predicted octanol–water partition coefficient (Wildman–Crippen LogP) is 1.64. The average molecular weight is 287 g/mol. The van der Waals surface area contributed by atoms with Gasteiger partial charge in [-0.1, -0.05) is 0 Å². The van der Waals surface area contributed by atoms with Crippen LogP contribution in [0.4, 0.5) is 0 Å². The van der Waals surface area contributed by atoms with Crippen LogP contribution >= 0.6 is 0 Å². The molecular weight excluding hydrogens is 266 g/mol. The minimum absolute atomic E-state index is 0.216. The van der Waals surface area contributed by atoms with E-state index in [1.54, 1.807) is 6.20 Å².